The fourth-order valence-corrected chi connectivity index (χ4v) is 1.76. The summed E-state index contributed by atoms with van der Waals surface area (Å²) in [6.07, 6.45) is 0.891. The molecule has 1 fully saturated rings. The highest BCUT2D eigenvalue weighted by Gasteiger charge is 2.54. The minimum absolute atomic E-state index is 0.108. The van der Waals surface area contributed by atoms with Crippen molar-refractivity contribution in [2.24, 2.45) is 16.3 Å². The molecule has 1 rings (SSSR count). The smallest absolute Gasteiger partial charge is 0.409 e. The molecular weight excluding hydrogens is 259 g/mol. The second kappa shape index (κ2) is 5.03. The molecule has 5 nitrogen and oxygen atoms in total. The van der Waals surface area contributed by atoms with E-state index in [0.717, 1.165) is 0 Å². The number of hydrogen-bond donors (Lipinski definition) is 3. The summed E-state index contributed by atoms with van der Waals surface area (Å²) < 4.78 is 35.4. The monoisotopic (exact) mass is 271 g/mol. The van der Waals surface area contributed by atoms with Crippen molar-refractivity contribution < 1.29 is 23.2 Å². The molecule has 17 heavy (non-hydrogen) atoms. The summed E-state index contributed by atoms with van der Waals surface area (Å²) >= 11 is -0.205. The molecule has 0 aliphatic heterocycles. The molecule has 0 aromatic carbocycles. The molecule has 0 radical (unpaired) electrons. The second-order valence-corrected chi connectivity index (χ2v) is 4.78. The number of oxime groups is 1. The number of carbonyl (C=O) groups excluding carboxylic acids is 1. The van der Waals surface area contributed by atoms with E-state index in [0.29, 0.717) is 12.8 Å². The van der Waals surface area contributed by atoms with Gasteiger partial charge in [-0.1, -0.05) is 5.16 Å². The highest BCUT2D eigenvalue weighted by Crippen LogP contribution is 2.46. The Morgan fingerprint density at radius 1 is 1.53 bits per heavy atom. The van der Waals surface area contributed by atoms with Crippen LogP contribution < -0.4 is 11.1 Å². The van der Waals surface area contributed by atoms with Crippen LogP contribution in [0.1, 0.15) is 12.8 Å². The van der Waals surface area contributed by atoms with E-state index in [1.807, 2.05) is 0 Å². The van der Waals surface area contributed by atoms with E-state index in [9.17, 15) is 18.0 Å². The van der Waals surface area contributed by atoms with Gasteiger partial charge in [0.2, 0.25) is 5.91 Å². The van der Waals surface area contributed by atoms with Crippen molar-refractivity contribution in [1.29, 1.82) is 0 Å². The van der Waals surface area contributed by atoms with E-state index in [1.54, 1.807) is 0 Å². The van der Waals surface area contributed by atoms with Gasteiger partial charge >= 0.3 is 5.51 Å². The van der Waals surface area contributed by atoms with Gasteiger partial charge in [0.25, 0.3) is 0 Å². The van der Waals surface area contributed by atoms with Gasteiger partial charge in [-0.3, -0.25) is 4.79 Å². The molecule has 0 saturated heterocycles. The number of carbonyl (C=O) groups is 1. The van der Waals surface area contributed by atoms with Crippen LogP contribution in [-0.2, 0) is 4.79 Å². The fraction of sp³-hybridized carbons (Fsp3) is 0.750. The van der Waals surface area contributed by atoms with Crippen molar-refractivity contribution in [2.75, 3.05) is 12.3 Å². The molecule has 9 heteroatoms. The molecule has 0 heterocycles. The van der Waals surface area contributed by atoms with Gasteiger partial charge in [-0.15, -0.1) is 0 Å². The first-order valence-electron chi connectivity index (χ1n) is 4.79. The number of hydrogen-bond acceptors (Lipinski definition) is 4. The van der Waals surface area contributed by atoms with Crippen LogP contribution in [0.15, 0.2) is 5.16 Å². The van der Waals surface area contributed by atoms with Crippen molar-refractivity contribution in [1.82, 2.24) is 5.32 Å². The highest BCUT2D eigenvalue weighted by molar-refractivity contribution is 8.00. The summed E-state index contributed by atoms with van der Waals surface area (Å²) in [5.74, 6) is -0.948. The summed E-state index contributed by atoms with van der Waals surface area (Å²) in [6, 6.07) is 0. The van der Waals surface area contributed by atoms with Crippen LogP contribution in [0, 0.1) is 5.41 Å². The average molecular weight is 271 g/mol. The molecule has 0 spiro atoms. The van der Waals surface area contributed by atoms with Crippen molar-refractivity contribution in [2.45, 2.75) is 18.3 Å². The lowest BCUT2D eigenvalue weighted by atomic mass is 10.1. The zero-order valence-corrected chi connectivity index (χ0v) is 9.57. The Morgan fingerprint density at radius 2 is 2.12 bits per heavy atom. The molecule has 0 aromatic rings. The van der Waals surface area contributed by atoms with Gasteiger partial charge in [0.05, 0.1) is 0 Å². The Labute approximate surface area is 99.6 Å². The zero-order valence-electron chi connectivity index (χ0n) is 8.75. The number of amides is 1. The predicted molar refractivity (Wildman–Crippen MR) is 56.6 cm³/mol. The third-order valence-corrected chi connectivity index (χ3v) is 3.17. The Hall–Kier alpha value is -1.12. The number of thioether (sulfide) groups is 1. The summed E-state index contributed by atoms with van der Waals surface area (Å²) in [6.45, 7) is -0.108. The third kappa shape index (κ3) is 3.69. The number of amidine groups is 1. The maximum absolute atomic E-state index is 11.8. The first-order chi connectivity index (χ1) is 7.82. The van der Waals surface area contributed by atoms with E-state index in [1.165, 1.54) is 0 Å². The number of nitrogens with one attached hydrogen (secondary N) is 1. The van der Waals surface area contributed by atoms with E-state index in [4.69, 9.17) is 10.9 Å². The summed E-state index contributed by atoms with van der Waals surface area (Å²) in [5.41, 5.74) is 0.0273. The minimum atomic E-state index is -4.30. The molecule has 0 bridgehead atoms. The predicted octanol–water partition coefficient (Wildman–Crippen LogP) is 0.882. The van der Waals surface area contributed by atoms with Crippen molar-refractivity contribution in [3.05, 3.63) is 0 Å². The van der Waals surface area contributed by atoms with Crippen molar-refractivity contribution in [3.8, 4) is 0 Å². The highest BCUT2D eigenvalue weighted by atomic mass is 32.2. The lowest BCUT2D eigenvalue weighted by Gasteiger charge is -2.13. The quantitative estimate of drug-likeness (QED) is 0.228. The normalized spacial score (nSPS) is 18.9. The van der Waals surface area contributed by atoms with Crippen LogP contribution >= 0.6 is 11.8 Å². The van der Waals surface area contributed by atoms with Gasteiger partial charge < -0.3 is 16.3 Å². The van der Waals surface area contributed by atoms with Gasteiger partial charge in [-0.05, 0) is 24.6 Å². The van der Waals surface area contributed by atoms with E-state index >= 15 is 0 Å². The molecule has 1 saturated carbocycles. The number of rotatable bonds is 5. The van der Waals surface area contributed by atoms with E-state index in [-0.39, 0.29) is 29.9 Å². The maximum Gasteiger partial charge on any atom is 0.441 e. The SMILES string of the molecule is NC(=NO)C1(C(=O)NCCSC(F)(F)F)CC1. The summed E-state index contributed by atoms with van der Waals surface area (Å²) in [4.78, 5) is 11.6. The average Bonchev–Trinajstić information content (AvgIpc) is 3.02. The Balaban J connectivity index is 2.32. The van der Waals surface area contributed by atoms with Gasteiger partial charge in [0, 0.05) is 12.3 Å². The molecule has 1 aliphatic carbocycles. The van der Waals surface area contributed by atoms with Gasteiger partial charge in [0.1, 0.15) is 5.41 Å². The van der Waals surface area contributed by atoms with Gasteiger partial charge in [-0.2, -0.15) is 13.2 Å². The van der Waals surface area contributed by atoms with Gasteiger partial charge in [0.15, 0.2) is 5.84 Å². The van der Waals surface area contributed by atoms with Crippen LogP contribution in [0.4, 0.5) is 13.2 Å². The molecule has 0 aromatic heterocycles. The molecule has 4 N–H and O–H groups in total. The lowest BCUT2D eigenvalue weighted by molar-refractivity contribution is -0.124. The zero-order chi connectivity index (χ0) is 13.1. The summed E-state index contributed by atoms with van der Waals surface area (Å²) in [7, 11) is 0. The minimum Gasteiger partial charge on any atom is -0.409 e. The number of nitrogens with two attached hydrogens (primary N) is 1. The van der Waals surface area contributed by atoms with Crippen LogP contribution in [0.3, 0.4) is 0 Å². The van der Waals surface area contributed by atoms with Crippen molar-refractivity contribution >= 4 is 23.5 Å². The Morgan fingerprint density at radius 3 is 2.53 bits per heavy atom. The lowest BCUT2D eigenvalue weighted by Crippen LogP contribution is -2.41. The molecule has 98 valence electrons. The maximum atomic E-state index is 11.8. The number of alkyl halides is 3. The van der Waals surface area contributed by atoms with E-state index in [2.05, 4.69) is 10.5 Å². The van der Waals surface area contributed by atoms with E-state index < -0.39 is 16.8 Å². The van der Waals surface area contributed by atoms with Crippen LogP contribution in [0.2, 0.25) is 0 Å². The molecule has 1 amide bonds. The fourth-order valence-electron chi connectivity index (χ4n) is 1.32. The Bertz CT molecular complexity index is 328. The van der Waals surface area contributed by atoms with Gasteiger partial charge in [-0.25, -0.2) is 0 Å². The summed E-state index contributed by atoms with van der Waals surface area (Å²) in [5, 5.41) is 13.6. The number of nitrogens with zero attached hydrogens (tertiary/aromatic N) is 1. The first kappa shape index (κ1) is 13.9. The molecule has 0 atom stereocenters. The van der Waals surface area contributed by atoms with Crippen LogP contribution in [-0.4, -0.2) is 34.8 Å². The molecule has 0 unspecified atom stereocenters. The topological polar surface area (TPSA) is 87.7 Å². The second-order valence-electron chi connectivity index (χ2n) is 3.62. The molecule has 1 aliphatic rings. The third-order valence-electron chi connectivity index (χ3n) is 2.44. The van der Waals surface area contributed by atoms with Crippen molar-refractivity contribution in [3.63, 3.8) is 0 Å². The van der Waals surface area contributed by atoms with Crippen LogP contribution in [0.5, 0.6) is 0 Å². The molecular formula is C8H12F3N3O2S. The first-order valence-corrected chi connectivity index (χ1v) is 5.77. The largest absolute Gasteiger partial charge is 0.441 e. The van der Waals surface area contributed by atoms with Crippen LogP contribution in [0.25, 0.3) is 0 Å². The number of halogens is 3. The standard InChI is InChI=1S/C8H12F3N3O2S/c9-8(10,11)17-4-3-13-6(15)7(1-2-7)5(12)14-16/h16H,1-4H2,(H2,12,14)(H,13,15). The Kier molecular flexibility index (Phi) is 4.12.